The number of ether oxygens (including phenoxy) is 1. The molecule has 0 spiro atoms. The highest BCUT2D eigenvalue weighted by molar-refractivity contribution is 5.84. The van der Waals surface area contributed by atoms with Crippen molar-refractivity contribution in [3.05, 3.63) is 70.8 Å². The van der Waals surface area contributed by atoms with E-state index in [1.165, 1.54) is 0 Å². The van der Waals surface area contributed by atoms with E-state index < -0.39 is 5.97 Å². The Morgan fingerprint density at radius 2 is 1.87 bits per heavy atom. The first kappa shape index (κ1) is 16.8. The zero-order valence-electron chi connectivity index (χ0n) is 14.0. The van der Waals surface area contributed by atoms with E-state index in [1.54, 1.807) is 0 Å². The van der Waals surface area contributed by atoms with Crippen LogP contribution >= 0.6 is 0 Å². The average Bonchev–Trinajstić information content (AvgIpc) is 2.51. The SMILES string of the molecule is C=CC(=O)Oc1c(C)cc(C)cc1C(C)c1cccc(C)c1O. The second kappa shape index (κ2) is 6.69. The number of benzene rings is 2. The lowest BCUT2D eigenvalue weighted by molar-refractivity contribution is -0.129. The van der Waals surface area contributed by atoms with E-state index in [4.69, 9.17) is 4.74 Å². The molecule has 23 heavy (non-hydrogen) atoms. The maximum absolute atomic E-state index is 11.7. The molecule has 2 aromatic rings. The summed E-state index contributed by atoms with van der Waals surface area (Å²) in [6.45, 7) is 11.2. The van der Waals surface area contributed by atoms with Crippen LogP contribution in [0.25, 0.3) is 0 Å². The lowest BCUT2D eigenvalue weighted by Gasteiger charge is -2.20. The van der Waals surface area contributed by atoms with Crippen LogP contribution in [-0.2, 0) is 4.79 Å². The molecule has 2 aromatic carbocycles. The normalized spacial score (nSPS) is 11.8. The molecular formula is C20H22O3. The molecule has 0 bridgehead atoms. The minimum Gasteiger partial charge on any atom is -0.507 e. The van der Waals surface area contributed by atoms with Crippen LogP contribution in [-0.4, -0.2) is 11.1 Å². The summed E-state index contributed by atoms with van der Waals surface area (Å²) in [7, 11) is 0. The highest BCUT2D eigenvalue weighted by atomic mass is 16.5. The molecule has 0 aliphatic heterocycles. The number of para-hydroxylation sites is 1. The summed E-state index contributed by atoms with van der Waals surface area (Å²) in [6.07, 6.45) is 1.15. The Morgan fingerprint density at radius 3 is 2.52 bits per heavy atom. The molecule has 0 aliphatic rings. The topological polar surface area (TPSA) is 46.5 Å². The van der Waals surface area contributed by atoms with Crippen molar-refractivity contribution in [1.82, 2.24) is 0 Å². The summed E-state index contributed by atoms with van der Waals surface area (Å²) in [6, 6.07) is 9.64. The van der Waals surface area contributed by atoms with Gasteiger partial charge in [0.05, 0.1) is 0 Å². The van der Waals surface area contributed by atoms with Gasteiger partial charge >= 0.3 is 5.97 Å². The molecule has 2 rings (SSSR count). The summed E-state index contributed by atoms with van der Waals surface area (Å²) in [5.74, 6) is 0.217. The fourth-order valence-electron chi connectivity index (χ4n) is 2.79. The summed E-state index contributed by atoms with van der Waals surface area (Å²) >= 11 is 0. The number of aryl methyl sites for hydroxylation is 3. The van der Waals surface area contributed by atoms with Crippen molar-refractivity contribution < 1.29 is 14.6 Å². The van der Waals surface area contributed by atoms with Gasteiger partial charge in [-0.05, 0) is 31.9 Å². The summed E-state index contributed by atoms with van der Waals surface area (Å²) < 4.78 is 5.45. The smallest absolute Gasteiger partial charge is 0.335 e. The van der Waals surface area contributed by atoms with Crippen LogP contribution < -0.4 is 4.74 Å². The van der Waals surface area contributed by atoms with Crippen LogP contribution in [0.4, 0.5) is 0 Å². The summed E-state index contributed by atoms with van der Waals surface area (Å²) in [4.78, 5) is 11.7. The van der Waals surface area contributed by atoms with Crippen LogP contribution in [0, 0.1) is 20.8 Å². The van der Waals surface area contributed by atoms with Crippen molar-refractivity contribution in [2.45, 2.75) is 33.6 Å². The van der Waals surface area contributed by atoms with Crippen molar-refractivity contribution in [3.8, 4) is 11.5 Å². The van der Waals surface area contributed by atoms with Crippen molar-refractivity contribution in [2.75, 3.05) is 0 Å². The molecular weight excluding hydrogens is 288 g/mol. The molecule has 1 atom stereocenters. The molecule has 3 nitrogen and oxygen atoms in total. The first-order valence-electron chi connectivity index (χ1n) is 7.59. The van der Waals surface area contributed by atoms with E-state index in [-0.39, 0.29) is 11.7 Å². The van der Waals surface area contributed by atoms with Crippen molar-refractivity contribution in [3.63, 3.8) is 0 Å². The Balaban J connectivity index is 2.59. The molecule has 0 amide bonds. The third kappa shape index (κ3) is 3.45. The quantitative estimate of drug-likeness (QED) is 0.511. The molecule has 1 N–H and O–H groups in total. The number of carbonyl (C=O) groups is 1. The van der Waals surface area contributed by atoms with Gasteiger partial charge < -0.3 is 9.84 Å². The molecule has 0 aromatic heterocycles. The first-order chi connectivity index (χ1) is 10.8. The monoisotopic (exact) mass is 310 g/mol. The lowest BCUT2D eigenvalue weighted by Crippen LogP contribution is -2.09. The van der Waals surface area contributed by atoms with Crippen LogP contribution in [0.15, 0.2) is 43.0 Å². The number of hydrogen-bond acceptors (Lipinski definition) is 3. The van der Waals surface area contributed by atoms with Crippen molar-refractivity contribution >= 4 is 5.97 Å². The Kier molecular flexibility index (Phi) is 4.89. The zero-order chi connectivity index (χ0) is 17.1. The Hall–Kier alpha value is -2.55. The number of phenols is 1. The van der Waals surface area contributed by atoms with Gasteiger partial charge in [-0.2, -0.15) is 0 Å². The molecule has 3 heteroatoms. The van der Waals surface area contributed by atoms with Gasteiger partial charge in [0.2, 0.25) is 0 Å². The lowest BCUT2D eigenvalue weighted by atomic mass is 9.88. The van der Waals surface area contributed by atoms with E-state index >= 15 is 0 Å². The third-order valence-electron chi connectivity index (χ3n) is 4.02. The maximum atomic E-state index is 11.7. The molecule has 0 saturated carbocycles. The molecule has 0 fully saturated rings. The minimum atomic E-state index is -0.487. The molecule has 0 heterocycles. The molecule has 0 aliphatic carbocycles. The van der Waals surface area contributed by atoms with Crippen LogP contribution in [0.3, 0.4) is 0 Å². The predicted octanol–water partition coefficient (Wildman–Crippen LogP) is 4.56. The fourth-order valence-corrected chi connectivity index (χ4v) is 2.79. The van der Waals surface area contributed by atoms with Crippen LogP contribution in [0.5, 0.6) is 11.5 Å². The van der Waals surface area contributed by atoms with Gasteiger partial charge in [0, 0.05) is 23.1 Å². The standard InChI is InChI=1S/C20H22O3/c1-6-18(21)23-20-14(4)10-12(2)11-17(20)15(5)16-9-7-8-13(3)19(16)22/h6-11,15,22H,1H2,2-5H3. The van der Waals surface area contributed by atoms with Gasteiger partial charge in [0.25, 0.3) is 0 Å². The van der Waals surface area contributed by atoms with Gasteiger partial charge in [-0.25, -0.2) is 4.79 Å². The highest BCUT2D eigenvalue weighted by Gasteiger charge is 2.20. The second-order valence-corrected chi connectivity index (χ2v) is 5.86. The van der Waals surface area contributed by atoms with E-state index in [1.807, 2.05) is 58.0 Å². The highest BCUT2D eigenvalue weighted by Crippen LogP contribution is 2.39. The minimum absolute atomic E-state index is 0.110. The summed E-state index contributed by atoms with van der Waals surface area (Å²) in [5.41, 5.74) is 4.47. The first-order valence-corrected chi connectivity index (χ1v) is 7.59. The van der Waals surface area contributed by atoms with E-state index in [9.17, 15) is 9.90 Å². The van der Waals surface area contributed by atoms with E-state index in [0.717, 1.165) is 33.9 Å². The molecule has 0 radical (unpaired) electrons. The number of aromatic hydroxyl groups is 1. The average molecular weight is 310 g/mol. The van der Waals surface area contributed by atoms with Crippen molar-refractivity contribution in [2.24, 2.45) is 0 Å². The maximum Gasteiger partial charge on any atom is 0.335 e. The van der Waals surface area contributed by atoms with Crippen LogP contribution in [0.1, 0.15) is 40.7 Å². The van der Waals surface area contributed by atoms with Gasteiger partial charge in [0.15, 0.2) is 0 Å². The molecule has 120 valence electrons. The third-order valence-corrected chi connectivity index (χ3v) is 4.02. The largest absolute Gasteiger partial charge is 0.507 e. The zero-order valence-corrected chi connectivity index (χ0v) is 14.0. The van der Waals surface area contributed by atoms with Crippen LogP contribution in [0.2, 0.25) is 0 Å². The number of rotatable bonds is 4. The Labute approximate surface area is 137 Å². The molecule has 0 saturated heterocycles. The Bertz CT molecular complexity index is 760. The number of esters is 1. The van der Waals surface area contributed by atoms with Gasteiger partial charge in [-0.3, -0.25) is 0 Å². The Morgan fingerprint density at radius 1 is 1.17 bits per heavy atom. The number of hydrogen-bond donors (Lipinski definition) is 1. The fraction of sp³-hybridized carbons (Fsp3) is 0.250. The summed E-state index contributed by atoms with van der Waals surface area (Å²) in [5, 5.41) is 10.4. The predicted molar refractivity (Wildman–Crippen MR) is 92.1 cm³/mol. The van der Waals surface area contributed by atoms with Crippen molar-refractivity contribution in [1.29, 1.82) is 0 Å². The van der Waals surface area contributed by atoms with Gasteiger partial charge in [-0.1, -0.05) is 49.4 Å². The van der Waals surface area contributed by atoms with E-state index in [0.29, 0.717) is 5.75 Å². The number of phenolic OH excluding ortho intramolecular Hbond substituents is 1. The molecule has 1 unspecified atom stereocenters. The van der Waals surface area contributed by atoms with E-state index in [2.05, 4.69) is 6.58 Å². The second-order valence-electron chi connectivity index (χ2n) is 5.86. The van der Waals surface area contributed by atoms with Gasteiger partial charge in [-0.15, -0.1) is 0 Å². The number of carbonyl (C=O) groups excluding carboxylic acids is 1. The van der Waals surface area contributed by atoms with Gasteiger partial charge in [0.1, 0.15) is 11.5 Å².